The SMILES string of the molecule is Nc1cc(Cl)c(Nc2nc3ccccc3s2)c(C(=O)O)c1. The van der Waals surface area contributed by atoms with Gasteiger partial charge in [-0.15, -0.1) is 0 Å². The first-order valence-corrected chi connectivity index (χ1v) is 7.19. The summed E-state index contributed by atoms with van der Waals surface area (Å²) in [5, 5.41) is 13.1. The van der Waals surface area contributed by atoms with Crippen LogP contribution in [0, 0.1) is 0 Å². The first-order chi connectivity index (χ1) is 10.0. The molecule has 0 aliphatic rings. The van der Waals surface area contributed by atoms with Gasteiger partial charge in [-0.05, 0) is 24.3 Å². The molecule has 3 rings (SSSR count). The second-order valence-corrected chi connectivity index (χ2v) is 5.78. The predicted molar refractivity (Wildman–Crippen MR) is 85.7 cm³/mol. The maximum atomic E-state index is 11.3. The van der Waals surface area contributed by atoms with Crippen LogP contribution in [0.5, 0.6) is 0 Å². The Balaban J connectivity index is 2.06. The molecule has 0 bridgehead atoms. The van der Waals surface area contributed by atoms with E-state index < -0.39 is 5.97 Å². The summed E-state index contributed by atoms with van der Waals surface area (Å²) in [5.74, 6) is -1.10. The quantitative estimate of drug-likeness (QED) is 0.636. The van der Waals surface area contributed by atoms with Crippen LogP contribution < -0.4 is 11.1 Å². The zero-order valence-electron chi connectivity index (χ0n) is 10.6. The molecule has 3 aromatic rings. The Morgan fingerprint density at radius 3 is 2.81 bits per heavy atom. The normalized spacial score (nSPS) is 10.7. The van der Waals surface area contributed by atoms with Crippen LogP contribution in [0.3, 0.4) is 0 Å². The number of rotatable bonds is 3. The minimum absolute atomic E-state index is 0.0132. The van der Waals surface area contributed by atoms with Gasteiger partial charge in [0, 0.05) is 5.69 Å². The van der Waals surface area contributed by atoms with Crippen LogP contribution in [0.15, 0.2) is 36.4 Å². The number of fused-ring (bicyclic) bond motifs is 1. The Morgan fingerprint density at radius 2 is 2.10 bits per heavy atom. The molecule has 0 spiro atoms. The Labute approximate surface area is 129 Å². The molecule has 0 aliphatic carbocycles. The van der Waals surface area contributed by atoms with Gasteiger partial charge >= 0.3 is 5.97 Å². The number of anilines is 3. The number of carboxylic acids is 1. The van der Waals surface area contributed by atoms with Crippen LogP contribution in [0.4, 0.5) is 16.5 Å². The highest BCUT2D eigenvalue weighted by atomic mass is 35.5. The fourth-order valence-electron chi connectivity index (χ4n) is 1.96. The Bertz CT molecular complexity index is 814. The highest BCUT2D eigenvalue weighted by Gasteiger charge is 2.16. The molecule has 0 saturated heterocycles. The van der Waals surface area contributed by atoms with E-state index in [0.29, 0.717) is 10.8 Å². The van der Waals surface area contributed by atoms with E-state index in [1.807, 2.05) is 24.3 Å². The Morgan fingerprint density at radius 1 is 1.33 bits per heavy atom. The van der Waals surface area contributed by atoms with Gasteiger partial charge in [-0.2, -0.15) is 0 Å². The first kappa shape index (κ1) is 13.7. The van der Waals surface area contributed by atoms with Crippen LogP contribution in [0.1, 0.15) is 10.4 Å². The fourth-order valence-corrected chi connectivity index (χ4v) is 3.10. The summed E-state index contributed by atoms with van der Waals surface area (Å²) in [6.45, 7) is 0. The van der Waals surface area contributed by atoms with Crippen molar-refractivity contribution in [3.8, 4) is 0 Å². The van der Waals surface area contributed by atoms with Gasteiger partial charge in [0.05, 0.1) is 26.5 Å². The van der Waals surface area contributed by atoms with Gasteiger partial charge in [-0.3, -0.25) is 0 Å². The molecule has 1 aromatic heterocycles. The lowest BCUT2D eigenvalue weighted by Gasteiger charge is -2.10. The first-order valence-electron chi connectivity index (χ1n) is 5.99. The summed E-state index contributed by atoms with van der Waals surface area (Å²) in [6.07, 6.45) is 0. The molecule has 0 unspecified atom stereocenters. The van der Waals surface area contributed by atoms with Crippen molar-refractivity contribution in [1.29, 1.82) is 0 Å². The largest absolute Gasteiger partial charge is 0.478 e. The third kappa shape index (κ3) is 2.63. The average Bonchev–Trinajstić information content (AvgIpc) is 2.83. The molecule has 5 nitrogen and oxygen atoms in total. The molecule has 0 atom stereocenters. The summed E-state index contributed by atoms with van der Waals surface area (Å²) < 4.78 is 1.00. The van der Waals surface area contributed by atoms with Crippen molar-refractivity contribution >= 4 is 55.6 Å². The highest BCUT2D eigenvalue weighted by molar-refractivity contribution is 7.22. The van der Waals surface area contributed by atoms with Gasteiger partial charge in [0.15, 0.2) is 5.13 Å². The summed E-state index contributed by atoms with van der Waals surface area (Å²) in [7, 11) is 0. The molecule has 0 amide bonds. The van der Waals surface area contributed by atoms with E-state index in [1.165, 1.54) is 23.5 Å². The smallest absolute Gasteiger partial charge is 0.337 e. The predicted octanol–water partition coefficient (Wildman–Crippen LogP) is 3.97. The minimum atomic E-state index is -1.10. The molecule has 106 valence electrons. The van der Waals surface area contributed by atoms with Crippen molar-refractivity contribution in [3.63, 3.8) is 0 Å². The number of carbonyl (C=O) groups is 1. The number of nitrogen functional groups attached to an aromatic ring is 1. The van der Waals surface area contributed by atoms with E-state index in [0.717, 1.165) is 10.2 Å². The van der Waals surface area contributed by atoms with Crippen LogP contribution >= 0.6 is 22.9 Å². The fraction of sp³-hybridized carbons (Fsp3) is 0. The molecule has 0 fully saturated rings. The molecule has 4 N–H and O–H groups in total. The molecule has 21 heavy (non-hydrogen) atoms. The van der Waals surface area contributed by atoms with Crippen molar-refractivity contribution in [2.75, 3.05) is 11.1 Å². The average molecular weight is 320 g/mol. The monoisotopic (exact) mass is 319 g/mol. The second-order valence-electron chi connectivity index (χ2n) is 4.34. The number of aromatic carboxylic acids is 1. The van der Waals surface area contributed by atoms with Crippen molar-refractivity contribution in [2.24, 2.45) is 0 Å². The van der Waals surface area contributed by atoms with Crippen LogP contribution in [-0.4, -0.2) is 16.1 Å². The van der Waals surface area contributed by atoms with Crippen LogP contribution in [-0.2, 0) is 0 Å². The van der Waals surface area contributed by atoms with Gasteiger partial charge < -0.3 is 16.2 Å². The lowest BCUT2D eigenvalue weighted by atomic mass is 10.1. The molecule has 0 aliphatic heterocycles. The topological polar surface area (TPSA) is 88.2 Å². The number of carboxylic acid groups (broad SMARTS) is 1. The molecular formula is C14H10ClN3O2S. The second kappa shape index (κ2) is 5.23. The number of thiazole rings is 1. The van der Waals surface area contributed by atoms with Gasteiger partial charge in [-0.1, -0.05) is 35.1 Å². The van der Waals surface area contributed by atoms with Gasteiger partial charge in [0.1, 0.15) is 0 Å². The van der Waals surface area contributed by atoms with E-state index in [2.05, 4.69) is 10.3 Å². The maximum Gasteiger partial charge on any atom is 0.337 e. The molecule has 0 saturated carbocycles. The third-order valence-corrected chi connectivity index (χ3v) is 4.12. The van der Waals surface area contributed by atoms with E-state index >= 15 is 0 Å². The highest BCUT2D eigenvalue weighted by Crippen LogP contribution is 2.34. The number of aromatic nitrogens is 1. The van der Waals surface area contributed by atoms with Crippen molar-refractivity contribution in [1.82, 2.24) is 4.98 Å². The maximum absolute atomic E-state index is 11.3. The molecule has 2 aromatic carbocycles. The number of halogens is 1. The summed E-state index contributed by atoms with van der Waals surface area (Å²) in [4.78, 5) is 15.7. The standard InChI is InChI=1S/C14H10ClN3O2S/c15-9-6-7(16)5-8(13(19)20)12(9)18-14-17-10-3-1-2-4-11(10)21-14/h1-6H,16H2,(H,17,18)(H,19,20). The zero-order chi connectivity index (χ0) is 15.0. The van der Waals surface area contributed by atoms with Gasteiger partial charge in [0.2, 0.25) is 0 Å². The Hall–Kier alpha value is -2.31. The van der Waals surface area contributed by atoms with Crippen LogP contribution in [0.25, 0.3) is 10.2 Å². The molecular weight excluding hydrogens is 310 g/mol. The lowest BCUT2D eigenvalue weighted by Crippen LogP contribution is -2.04. The third-order valence-electron chi connectivity index (χ3n) is 2.87. The molecule has 1 heterocycles. The van der Waals surface area contributed by atoms with E-state index in [9.17, 15) is 9.90 Å². The minimum Gasteiger partial charge on any atom is -0.478 e. The zero-order valence-corrected chi connectivity index (χ0v) is 12.2. The number of nitrogens with zero attached hydrogens (tertiary/aromatic N) is 1. The number of hydrogen-bond acceptors (Lipinski definition) is 5. The number of para-hydroxylation sites is 1. The summed E-state index contributed by atoms with van der Waals surface area (Å²) in [6, 6.07) is 10.5. The number of nitrogens with one attached hydrogen (secondary N) is 1. The van der Waals surface area contributed by atoms with Crippen molar-refractivity contribution in [2.45, 2.75) is 0 Å². The van der Waals surface area contributed by atoms with Gasteiger partial charge in [0.25, 0.3) is 0 Å². The van der Waals surface area contributed by atoms with E-state index in [4.69, 9.17) is 17.3 Å². The van der Waals surface area contributed by atoms with E-state index in [-0.39, 0.29) is 16.3 Å². The molecule has 0 radical (unpaired) electrons. The van der Waals surface area contributed by atoms with Gasteiger partial charge in [-0.25, -0.2) is 9.78 Å². The number of benzene rings is 2. The lowest BCUT2D eigenvalue weighted by molar-refractivity contribution is 0.0698. The van der Waals surface area contributed by atoms with Crippen molar-refractivity contribution < 1.29 is 9.90 Å². The van der Waals surface area contributed by atoms with Crippen molar-refractivity contribution in [3.05, 3.63) is 47.0 Å². The van der Waals surface area contributed by atoms with E-state index in [1.54, 1.807) is 0 Å². The summed E-state index contributed by atoms with van der Waals surface area (Å²) >= 11 is 7.52. The molecule has 7 heteroatoms. The summed E-state index contributed by atoms with van der Waals surface area (Å²) in [5.41, 5.74) is 7.07. The van der Waals surface area contributed by atoms with Crippen LogP contribution in [0.2, 0.25) is 5.02 Å². The number of hydrogen-bond donors (Lipinski definition) is 3. The number of nitrogens with two attached hydrogens (primary N) is 1. The Kier molecular flexibility index (Phi) is 3.40.